The minimum absolute atomic E-state index is 0.567. The van der Waals surface area contributed by atoms with Gasteiger partial charge in [0.25, 0.3) is 0 Å². The summed E-state index contributed by atoms with van der Waals surface area (Å²) in [7, 11) is 0. The summed E-state index contributed by atoms with van der Waals surface area (Å²) in [5, 5.41) is 0. The van der Waals surface area contributed by atoms with Crippen LogP contribution in [0.15, 0.2) is 70.5 Å². The smallest absolute Gasteiger partial charge is 0.0800 e. The van der Waals surface area contributed by atoms with Crippen LogP contribution in [0.5, 0.6) is 0 Å². The average molecular weight is 332 g/mol. The summed E-state index contributed by atoms with van der Waals surface area (Å²) in [5.74, 6) is 0. The Kier molecular flexibility index (Phi) is 7.60. The Balaban J connectivity index is 1.54. The highest BCUT2D eigenvalue weighted by Gasteiger charge is 1.94. The molecule has 0 saturated heterocycles. The lowest BCUT2D eigenvalue weighted by molar-refractivity contribution is 0.414. The SMILES string of the molecule is Cc1ccc(SOC/C=C/COSc2ccc(C)cc2)cc1. The summed E-state index contributed by atoms with van der Waals surface area (Å²) in [6.07, 6.45) is 3.94. The third-order valence-electron chi connectivity index (χ3n) is 2.85. The van der Waals surface area contributed by atoms with E-state index in [0.717, 1.165) is 9.79 Å². The van der Waals surface area contributed by atoms with Gasteiger partial charge in [-0.25, -0.2) is 0 Å². The molecule has 2 nitrogen and oxygen atoms in total. The first-order chi connectivity index (χ1) is 10.7. The number of aryl methyl sites for hydroxylation is 2. The maximum atomic E-state index is 5.51. The van der Waals surface area contributed by atoms with Crippen LogP contribution in [-0.4, -0.2) is 13.2 Å². The van der Waals surface area contributed by atoms with E-state index in [9.17, 15) is 0 Å². The van der Waals surface area contributed by atoms with E-state index in [4.69, 9.17) is 8.37 Å². The van der Waals surface area contributed by atoms with E-state index < -0.39 is 0 Å². The Bertz CT molecular complexity index is 524. The first-order valence-electron chi connectivity index (χ1n) is 7.11. The Morgan fingerprint density at radius 1 is 0.682 bits per heavy atom. The van der Waals surface area contributed by atoms with Crippen molar-refractivity contribution < 1.29 is 8.37 Å². The molecule has 0 aromatic heterocycles. The second kappa shape index (κ2) is 9.74. The van der Waals surface area contributed by atoms with Gasteiger partial charge < -0.3 is 8.37 Å². The first kappa shape index (κ1) is 17.2. The Morgan fingerprint density at radius 2 is 1.05 bits per heavy atom. The molecular formula is C18H20O2S2. The summed E-state index contributed by atoms with van der Waals surface area (Å²) >= 11 is 2.79. The minimum Gasteiger partial charge on any atom is -0.306 e. The van der Waals surface area contributed by atoms with Gasteiger partial charge in [-0.2, -0.15) is 0 Å². The maximum absolute atomic E-state index is 5.51. The van der Waals surface area contributed by atoms with Crippen molar-refractivity contribution in [2.75, 3.05) is 13.2 Å². The van der Waals surface area contributed by atoms with Crippen molar-refractivity contribution in [1.82, 2.24) is 0 Å². The topological polar surface area (TPSA) is 18.5 Å². The molecule has 0 aliphatic carbocycles. The average Bonchev–Trinajstić information content (AvgIpc) is 2.53. The molecule has 0 aliphatic rings. The molecule has 0 unspecified atom stereocenters. The summed E-state index contributed by atoms with van der Waals surface area (Å²) < 4.78 is 11.0. The van der Waals surface area contributed by atoms with Crippen molar-refractivity contribution in [3.63, 3.8) is 0 Å². The molecule has 4 heteroatoms. The summed E-state index contributed by atoms with van der Waals surface area (Å²) in [6, 6.07) is 16.6. The van der Waals surface area contributed by atoms with Gasteiger partial charge in [0.05, 0.1) is 13.2 Å². The third-order valence-corrected chi connectivity index (χ3v) is 4.28. The van der Waals surface area contributed by atoms with Gasteiger partial charge in [-0.3, -0.25) is 0 Å². The van der Waals surface area contributed by atoms with Crippen LogP contribution in [0.3, 0.4) is 0 Å². The van der Waals surface area contributed by atoms with Gasteiger partial charge in [0.1, 0.15) is 0 Å². The monoisotopic (exact) mass is 332 g/mol. The van der Waals surface area contributed by atoms with E-state index in [1.165, 1.54) is 35.2 Å². The molecule has 0 amide bonds. The fourth-order valence-electron chi connectivity index (χ4n) is 1.61. The van der Waals surface area contributed by atoms with Crippen LogP contribution >= 0.6 is 24.1 Å². The van der Waals surface area contributed by atoms with Crippen LogP contribution in [0.4, 0.5) is 0 Å². The fraction of sp³-hybridized carbons (Fsp3) is 0.222. The summed E-state index contributed by atoms with van der Waals surface area (Å²) in [4.78, 5) is 2.23. The molecular weight excluding hydrogens is 312 g/mol. The highest BCUT2D eigenvalue weighted by molar-refractivity contribution is 7.94. The molecule has 0 atom stereocenters. The quantitative estimate of drug-likeness (QED) is 0.355. The molecule has 22 heavy (non-hydrogen) atoms. The van der Waals surface area contributed by atoms with Crippen LogP contribution in [0.2, 0.25) is 0 Å². The van der Waals surface area contributed by atoms with Crippen LogP contribution in [0, 0.1) is 13.8 Å². The number of hydrogen-bond acceptors (Lipinski definition) is 4. The minimum atomic E-state index is 0.567. The van der Waals surface area contributed by atoms with E-state index >= 15 is 0 Å². The normalized spacial score (nSPS) is 11.2. The predicted octanol–water partition coefficient (Wildman–Crippen LogP) is 5.61. The van der Waals surface area contributed by atoms with E-state index in [-0.39, 0.29) is 0 Å². The summed E-state index contributed by atoms with van der Waals surface area (Å²) in [5.41, 5.74) is 2.51. The van der Waals surface area contributed by atoms with Crippen LogP contribution in [-0.2, 0) is 8.37 Å². The maximum Gasteiger partial charge on any atom is 0.0800 e. The predicted molar refractivity (Wildman–Crippen MR) is 95.1 cm³/mol. The molecule has 2 rings (SSSR count). The van der Waals surface area contributed by atoms with Crippen molar-refractivity contribution >= 4 is 24.1 Å². The lowest BCUT2D eigenvalue weighted by atomic mass is 10.2. The second-order valence-electron chi connectivity index (χ2n) is 4.83. The molecule has 0 aliphatic heterocycles. The first-order valence-corrected chi connectivity index (χ1v) is 8.59. The molecule has 0 fully saturated rings. The van der Waals surface area contributed by atoms with Crippen molar-refractivity contribution in [3.8, 4) is 0 Å². The Morgan fingerprint density at radius 3 is 1.41 bits per heavy atom. The Hall–Kier alpha value is -1.20. The van der Waals surface area contributed by atoms with Gasteiger partial charge in [-0.05, 0) is 38.1 Å². The lowest BCUT2D eigenvalue weighted by Crippen LogP contribution is -1.85. The molecule has 2 aromatic rings. The van der Waals surface area contributed by atoms with Gasteiger partial charge in [-0.15, -0.1) is 0 Å². The van der Waals surface area contributed by atoms with Crippen molar-refractivity contribution in [2.45, 2.75) is 23.6 Å². The molecule has 116 valence electrons. The Labute approximate surface area is 141 Å². The standard InChI is InChI=1S/C18H20O2S2/c1-15-5-9-17(10-6-15)21-19-13-3-4-14-20-22-18-11-7-16(2)8-12-18/h3-12H,13-14H2,1-2H3/b4-3+. The molecule has 2 aromatic carbocycles. The van der Waals surface area contributed by atoms with Gasteiger partial charge >= 0.3 is 0 Å². The van der Waals surface area contributed by atoms with Crippen LogP contribution < -0.4 is 0 Å². The van der Waals surface area contributed by atoms with E-state index in [2.05, 4.69) is 62.4 Å². The second-order valence-corrected chi connectivity index (χ2v) is 6.58. The van der Waals surface area contributed by atoms with Gasteiger partial charge in [-0.1, -0.05) is 47.5 Å². The molecule has 0 bridgehead atoms. The van der Waals surface area contributed by atoms with Crippen LogP contribution in [0.25, 0.3) is 0 Å². The van der Waals surface area contributed by atoms with Crippen molar-refractivity contribution in [1.29, 1.82) is 0 Å². The molecule has 0 spiro atoms. The van der Waals surface area contributed by atoms with Crippen molar-refractivity contribution in [2.24, 2.45) is 0 Å². The lowest BCUT2D eigenvalue weighted by Gasteiger charge is -2.01. The molecule has 0 N–H and O–H groups in total. The zero-order chi connectivity index (χ0) is 15.6. The number of benzene rings is 2. The zero-order valence-corrected chi connectivity index (χ0v) is 14.5. The summed E-state index contributed by atoms with van der Waals surface area (Å²) in [6.45, 7) is 5.29. The third kappa shape index (κ3) is 6.71. The van der Waals surface area contributed by atoms with Gasteiger partial charge in [0.2, 0.25) is 0 Å². The molecule has 0 saturated carbocycles. The number of rotatable bonds is 8. The van der Waals surface area contributed by atoms with Crippen molar-refractivity contribution in [3.05, 3.63) is 71.8 Å². The highest BCUT2D eigenvalue weighted by atomic mass is 32.2. The van der Waals surface area contributed by atoms with Gasteiger partial charge in [0, 0.05) is 33.9 Å². The fourth-order valence-corrected chi connectivity index (χ4v) is 2.67. The highest BCUT2D eigenvalue weighted by Crippen LogP contribution is 2.20. The number of hydrogen-bond donors (Lipinski definition) is 0. The van der Waals surface area contributed by atoms with E-state index in [1.54, 1.807) is 0 Å². The van der Waals surface area contributed by atoms with E-state index in [0.29, 0.717) is 13.2 Å². The zero-order valence-electron chi connectivity index (χ0n) is 12.8. The molecule has 0 radical (unpaired) electrons. The van der Waals surface area contributed by atoms with Gasteiger partial charge in [0.15, 0.2) is 0 Å². The molecule has 0 heterocycles. The van der Waals surface area contributed by atoms with Crippen LogP contribution in [0.1, 0.15) is 11.1 Å². The van der Waals surface area contributed by atoms with E-state index in [1.807, 2.05) is 12.2 Å². The largest absolute Gasteiger partial charge is 0.306 e.